The molecule has 6 heteroatoms. The largest absolute Gasteiger partial charge is 0.352 e. The molecule has 2 atom stereocenters. The normalized spacial score (nSPS) is 25.5. The maximum atomic E-state index is 12.7. The first-order chi connectivity index (χ1) is 12.5. The van der Waals surface area contributed by atoms with Gasteiger partial charge in [-0.25, -0.2) is 0 Å². The van der Waals surface area contributed by atoms with Crippen LogP contribution < -0.4 is 10.7 Å². The minimum atomic E-state index is -0.238. The van der Waals surface area contributed by atoms with E-state index in [1.165, 1.54) is 43.4 Å². The van der Waals surface area contributed by atoms with Gasteiger partial charge in [-0.15, -0.1) is 11.3 Å². The summed E-state index contributed by atoms with van der Waals surface area (Å²) in [4.78, 5) is 29.1. The van der Waals surface area contributed by atoms with Crippen molar-refractivity contribution < 1.29 is 4.79 Å². The molecular weight excluding hydrogens is 459 g/mol. The number of carbonyl (C=O) groups excluding carboxylic acids is 1. The van der Waals surface area contributed by atoms with Gasteiger partial charge in [0.25, 0.3) is 5.91 Å². The summed E-state index contributed by atoms with van der Waals surface area (Å²) < 4.78 is 0.407. The van der Waals surface area contributed by atoms with Crippen LogP contribution in [0.15, 0.2) is 22.4 Å². The fourth-order valence-electron chi connectivity index (χ4n) is 3.74. The van der Waals surface area contributed by atoms with Crippen LogP contribution in [0.25, 0.3) is 10.2 Å². The number of carbonyl (C=O) groups is 1. The van der Waals surface area contributed by atoms with Crippen molar-refractivity contribution in [3.63, 3.8) is 0 Å². The van der Waals surface area contributed by atoms with Crippen molar-refractivity contribution in [2.75, 3.05) is 0 Å². The number of hydrogen-bond donors (Lipinski definition) is 2. The van der Waals surface area contributed by atoms with Crippen LogP contribution in [-0.2, 0) is 0 Å². The number of amides is 1. The van der Waals surface area contributed by atoms with Crippen molar-refractivity contribution in [2.24, 2.45) is 0 Å². The Labute approximate surface area is 172 Å². The maximum absolute atomic E-state index is 12.7. The smallest absolute Gasteiger partial charge is 0.256 e. The number of nitrogens with one attached hydrogen (secondary N) is 2. The Morgan fingerprint density at radius 3 is 2.69 bits per heavy atom. The van der Waals surface area contributed by atoms with Gasteiger partial charge in [-0.05, 0) is 37.1 Å². The molecule has 1 fully saturated rings. The van der Waals surface area contributed by atoms with Gasteiger partial charge >= 0.3 is 0 Å². The van der Waals surface area contributed by atoms with E-state index in [9.17, 15) is 9.59 Å². The van der Waals surface area contributed by atoms with Crippen LogP contribution in [0.5, 0.6) is 0 Å². The minimum Gasteiger partial charge on any atom is -0.352 e. The van der Waals surface area contributed by atoms with E-state index in [2.05, 4.69) is 39.8 Å². The number of fused-ring (bicyclic) bond motifs is 1. The second-order valence-corrected chi connectivity index (χ2v) is 11.1. The molecule has 1 aliphatic rings. The molecule has 0 radical (unpaired) electrons. The molecule has 26 heavy (non-hydrogen) atoms. The molecule has 142 valence electrons. The van der Waals surface area contributed by atoms with Crippen LogP contribution >= 0.6 is 33.9 Å². The van der Waals surface area contributed by atoms with Gasteiger partial charge in [0.2, 0.25) is 5.43 Å². The quantitative estimate of drug-likeness (QED) is 0.441. The summed E-state index contributed by atoms with van der Waals surface area (Å²) in [5.41, 5.74) is 0.0555. The first kappa shape index (κ1) is 19.9. The second-order valence-electron chi connectivity index (χ2n) is 7.62. The van der Waals surface area contributed by atoms with Crippen molar-refractivity contribution >= 4 is 50.1 Å². The second kappa shape index (κ2) is 8.87. The van der Waals surface area contributed by atoms with Crippen LogP contribution in [-0.4, -0.2) is 20.4 Å². The van der Waals surface area contributed by atoms with E-state index in [1.807, 2.05) is 5.38 Å². The molecule has 0 bridgehead atoms. The predicted octanol–water partition coefficient (Wildman–Crippen LogP) is 5.41. The van der Waals surface area contributed by atoms with Crippen LogP contribution in [0.4, 0.5) is 0 Å². The predicted molar refractivity (Wildman–Crippen MR) is 118 cm³/mol. The maximum Gasteiger partial charge on any atom is 0.256 e. The molecule has 3 rings (SSSR count). The summed E-state index contributed by atoms with van der Waals surface area (Å²) >= 11 is 4.09. The third kappa shape index (κ3) is 5.09. The van der Waals surface area contributed by atoms with Gasteiger partial charge in [-0.3, -0.25) is 9.59 Å². The average molecular weight is 486 g/mol. The molecule has 2 heterocycles. The molecule has 1 amide bonds. The van der Waals surface area contributed by atoms with E-state index >= 15 is 0 Å². The number of halogens is 1. The van der Waals surface area contributed by atoms with Crippen LogP contribution in [0.2, 0.25) is 0 Å². The van der Waals surface area contributed by atoms with E-state index in [0.717, 1.165) is 30.5 Å². The van der Waals surface area contributed by atoms with Crippen LogP contribution in [0, 0.1) is 0 Å². The van der Waals surface area contributed by atoms with Crippen molar-refractivity contribution in [1.82, 2.24) is 10.3 Å². The lowest BCUT2D eigenvalue weighted by molar-refractivity contribution is 0.0930. The summed E-state index contributed by atoms with van der Waals surface area (Å²) in [5.74, 6) is -0.238. The van der Waals surface area contributed by atoms with Gasteiger partial charge in [0.05, 0.1) is 5.39 Å². The minimum absolute atomic E-state index is 0.165. The molecule has 2 unspecified atom stereocenters. The highest BCUT2D eigenvalue weighted by Crippen LogP contribution is 2.32. The number of thiophene rings is 1. The monoisotopic (exact) mass is 486 g/mol. The molecule has 0 aliphatic heterocycles. The van der Waals surface area contributed by atoms with Gasteiger partial charge in [0, 0.05) is 15.7 Å². The summed E-state index contributed by atoms with van der Waals surface area (Å²) in [6.45, 7) is 2.36. The third-order valence-electron chi connectivity index (χ3n) is 5.33. The number of H-pyrrole nitrogens is 1. The lowest BCUT2D eigenvalue weighted by Crippen LogP contribution is -2.37. The highest BCUT2D eigenvalue weighted by molar-refractivity contribution is 14.1. The zero-order valence-corrected chi connectivity index (χ0v) is 18.3. The Hall–Kier alpha value is -0.890. The van der Waals surface area contributed by atoms with E-state index < -0.39 is 0 Å². The number of alkyl halides is 1. The van der Waals surface area contributed by atoms with Crippen molar-refractivity contribution in [3.05, 3.63) is 33.4 Å². The number of aromatic nitrogens is 1. The standard InChI is InChI=1S/C20H27IN2O2S/c1-20(21)10-5-2-3-7-14(8-4-6-11-20)23-18(25)16-13-22-19-15(17(16)24)9-12-26-19/h9,12-14H,2-8,10-11H2,1H3,(H,22,24)(H,23,25). The lowest BCUT2D eigenvalue weighted by atomic mass is 9.97. The fraction of sp³-hybridized carbons (Fsp3) is 0.600. The van der Waals surface area contributed by atoms with Crippen molar-refractivity contribution in [2.45, 2.75) is 74.2 Å². The Bertz CT molecular complexity index is 811. The van der Waals surface area contributed by atoms with Crippen molar-refractivity contribution in [1.29, 1.82) is 0 Å². The number of aromatic amines is 1. The Kier molecular flexibility index (Phi) is 6.77. The number of pyridine rings is 1. The van der Waals surface area contributed by atoms with Crippen LogP contribution in [0.3, 0.4) is 0 Å². The highest BCUT2D eigenvalue weighted by Gasteiger charge is 2.22. The number of hydrogen-bond acceptors (Lipinski definition) is 3. The van der Waals surface area contributed by atoms with Gasteiger partial charge in [0.1, 0.15) is 10.4 Å². The van der Waals surface area contributed by atoms with Crippen molar-refractivity contribution in [3.8, 4) is 0 Å². The summed E-state index contributed by atoms with van der Waals surface area (Å²) in [5, 5.41) is 5.61. The summed E-state index contributed by atoms with van der Waals surface area (Å²) in [7, 11) is 0. The van der Waals surface area contributed by atoms with E-state index in [-0.39, 0.29) is 22.9 Å². The van der Waals surface area contributed by atoms with E-state index in [4.69, 9.17) is 0 Å². The summed E-state index contributed by atoms with van der Waals surface area (Å²) in [6, 6.07) is 1.95. The first-order valence-electron chi connectivity index (χ1n) is 9.55. The fourth-order valence-corrected chi connectivity index (χ4v) is 5.26. The van der Waals surface area contributed by atoms with E-state index in [0.29, 0.717) is 8.81 Å². The zero-order chi connectivity index (χ0) is 18.6. The first-order valence-corrected chi connectivity index (χ1v) is 11.5. The lowest BCUT2D eigenvalue weighted by Gasteiger charge is -2.22. The Balaban J connectivity index is 1.66. The van der Waals surface area contributed by atoms with Crippen LogP contribution in [0.1, 0.15) is 75.1 Å². The summed E-state index contributed by atoms with van der Waals surface area (Å²) in [6.07, 6.45) is 12.0. The molecular formula is C20H27IN2O2S. The molecule has 2 aromatic heterocycles. The molecule has 2 N–H and O–H groups in total. The highest BCUT2D eigenvalue weighted by atomic mass is 127. The molecule has 0 saturated heterocycles. The van der Waals surface area contributed by atoms with Gasteiger partial charge in [-0.1, -0.05) is 61.6 Å². The van der Waals surface area contributed by atoms with Gasteiger partial charge < -0.3 is 10.3 Å². The molecule has 1 saturated carbocycles. The SMILES string of the molecule is CC1(I)CCCCCC(NC(=O)c2c[nH]c3sccc3c2=O)CCCC1. The Morgan fingerprint density at radius 2 is 1.92 bits per heavy atom. The molecule has 2 aromatic rings. The molecule has 0 aromatic carbocycles. The molecule has 0 spiro atoms. The molecule has 4 nitrogen and oxygen atoms in total. The third-order valence-corrected chi connectivity index (χ3v) is 7.26. The van der Waals surface area contributed by atoms with E-state index in [1.54, 1.807) is 12.3 Å². The average Bonchev–Trinajstić information content (AvgIpc) is 3.06. The number of rotatable bonds is 2. The zero-order valence-electron chi connectivity index (χ0n) is 15.3. The van der Waals surface area contributed by atoms with Gasteiger partial charge in [-0.2, -0.15) is 0 Å². The topological polar surface area (TPSA) is 62.0 Å². The Morgan fingerprint density at radius 1 is 1.23 bits per heavy atom. The van der Waals surface area contributed by atoms with Gasteiger partial charge in [0.15, 0.2) is 0 Å². The molecule has 1 aliphatic carbocycles.